The molecule has 0 aromatic heterocycles. The van der Waals surface area contributed by atoms with Gasteiger partial charge in [-0.05, 0) is 12.5 Å². The van der Waals surface area contributed by atoms with Gasteiger partial charge < -0.3 is 5.73 Å². The fourth-order valence-corrected chi connectivity index (χ4v) is 1.24. The van der Waals surface area contributed by atoms with Gasteiger partial charge in [0.1, 0.15) is 6.07 Å². The van der Waals surface area contributed by atoms with Crippen molar-refractivity contribution in [3.8, 4) is 6.07 Å². The molecule has 0 aliphatic carbocycles. The number of allylic oxidation sites excluding steroid dienone is 1. The minimum absolute atomic E-state index is 0.0966. The maximum Gasteiger partial charge on any atom is 0.274 e. The Morgan fingerprint density at radius 1 is 1.67 bits per heavy atom. The molecule has 0 unspecified atom stereocenters. The Labute approximate surface area is 86.6 Å². The van der Waals surface area contributed by atoms with E-state index in [0.29, 0.717) is 12.0 Å². The number of nitriles is 1. The van der Waals surface area contributed by atoms with Crippen molar-refractivity contribution < 1.29 is 4.92 Å². The number of hydrogen-bond donors (Lipinski definition) is 1. The summed E-state index contributed by atoms with van der Waals surface area (Å²) in [5.41, 5.74) is 6.29. The number of nitrogens with two attached hydrogens (primary N) is 1. The highest BCUT2D eigenvalue weighted by molar-refractivity contribution is 5.62. The number of hydrogen-bond acceptors (Lipinski definition) is 4. The highest BCUT2D eigenvalue weighted by atomic mass is 16.6. The van der Waals surface area contributed by atoms with Crippen LogP contribution in [0.4, 0.5) is 11.4 Å². The van der Waals surface area contributed by atoms with E-state index in [1.807, 2.05) is 0 Å². The van der Waals surface area contributed by atoms with Gasteiger partial charge in [-0.3, -0.25) is 10.1 Å². The van der Waals surface area contributed by atoms with Gasteiger partial charge >= 0.3 is 0 Å². The molecule has 1 rings (SSSR count). The summed E-state index contributed by atoms with van der Waals surface area (Å²) in [6.45, 7) is 3.50. The van der Waals surface area contributed by atoms with Crippen molar-refractivity contribution in [3.05, 3.63) is 46.0 Å². The minimum atomic E-state index is -0.529. The summed E-state index contributed by atoms with van der Waals surface area (Å²) >= 11 is 0. The summed E-state index contributed by atoms with van der Waals surface area (Å²) in [4.78, 5) is 10.2. The van der Waals surface area contributed by atoms with Crippen molar-refractivity contribution in [2.24, 2.45) is 0 Å². The average Bonchev–Trinajstić information content (AvgIpc) is 2.18. The molecule has 0 aliphatic rings. The molecule has 0 fully saturated rings. The standard InChI is InChI=1S/C10H9N3O2/c1-2-3-7-4-9(12)8(6-11)5-10(7)13(14)15/h2,4-5H,1,3,12H2. The molecule has 1 aromatic rings. The fourth-order valence-electron chi connectivity index (χ4n) is 1.24. The summed E-state index contributed by atoms with van der Waals surface area (Å²) < 4.78 is 0. The van der Waals surface area contributed by atoms with Crippen LogP contribution in [0, 0.1) is 21.4 Å². The molecule has 0 saturated heterocycles. The predicted octanol–water partition coefficient (Wildman–Crippen LogP) is 1.78. The lowest BCUT2D eigenvalue weighted by atomic mass is 10.0. The van der Waals surface area contributed by atoms with E-state index in [2.05, 4.69) is 6.58 Å². The Morgan fingerprint density at radius 2 is 2.33 bits per heavy atom. The molecule has 1 aromatic carbocycles. The van der Waals surface area contributed by atoms with Gasteiger partial charge in [-0.15, -0.1) is 6.58 Å². The van der Waals surface area contributed by atoms with Crippen molar-refractivity contribution in [1.29, 1.82) is 5.26 Å². The van der Waals surface area contributed by atoms with E-state index in [4.69, 9.17) is 11.0 Å². The molecule has 2 N–H and O–H groups in total. The van der Waals surface area contributed by atoms with Crippen LogP contribution in [0.3, 0.4) is 0 Å². The molecule has 76 valence electrons. The van der Waals surface area contributed by atoms with Crippen LogP contribution in [-0.4, -0.2) is 4.92 Å². The lowest BCUT2D eigenvalue weighted by Crippen LogP contribution is -1.99. The Balaban J connectivity index is 3.39. The second-order valence-electron chi connectivity index (χ2n) is 2.93. The van der Waals surface area contributed by atoms with Crippen LogP contribution in [0.1, 0.15) is 11.1 Å². The normalized spacial score (nSPS) is 9.27. The zero-order valence-electron chi connectivity index (χ0n) is 7.93. The Kier molecular flexibility index (Phi) is 3.03. The molecule has 0 atom stereocenters. The SMILES string of the molecule is C=CCc1cc(N)c(C#N)cc1[N+](=O)[O-]. The second-order valence-corrected chi connectivity index (χ2v) is 2.93. The highest BCUT2D eigenvalue weighted by Crippen LogP contribution is 2.25. The van der Waals surface area contributed by atoms with E-state index < -0.39 is 4.92 Å². The lowest BCUT2D eigenvalue weighted by molar-refractivity contribution is -0.385. The predicted molar refractivity (Wildman–Crippen MR) is 56.1 cm³/mol. The first kappa shape index (κ1) is 10.7. The van der Waals surface area contributed by atoms with Crippen molar-refractivity contribution in [1.82, 2.24) is 0 Å². The number of rotatable bonds is 3. The monoisotopic (exact) mass is 203 g/mol. The molecule has 0 bridgehead atoms. The van der Waals surface area contributed by atoms with Crippen LogP contribution in [0.15, 0.2) is 24.8 Å². The Morgan fingerprint density at radius 3 is 2.80 bits per heavy atom. The smallest absolute Gasteiger partial charge is 0.274 e. The van der Waals surface area contributed by atoms with Crippen molar-refractivity contribution in [2.45, 2.75) is 6.42 Å². The van der Waals surface area contributed by atoms with Crippen molar-refractivity contribution in [3.63, 3.8) is 0 Å². The van der Waals surface area contributed by atoms with Gasteiger partial charge in [0.2, 0.25) is 0 Å². The minimum Gasteiger partial charge on any atom is -0.398 e. The highest BCUT2D eigenvalue weighted by Gasteiger charge is 2.15. The number of nitrogen functional groups attached to an aromatic ring is 1. The number of nitro benzene ring substituents is 1. The molecule has 0 saturated carbocycles. The molecular formula is C10H9N3O2. The summed E-state index contributed by atoms with van der Waals surface area (Å²) in [6, 6.07) is 4.44. The van der Waals surface area contributed by atoms with Crippen LogP contribution >= 0.6 is 0 Å². The first-order chi connectivity index (χ1) is 7.10. The van der Waals surface area contributed by atoms with Crippen LogP contribution in [0.2, 0.25) is 0 Å². The topological polar surface area (TPSA) is 93.0 Å². The van der Waals surface area contributed by atoms with Gasteiger partial charge in [0.25, 0.3) is 5.69 Å². The van der Waals surface area contributed by atoms with Crippen LogP contribution < -0.4 is 5.73 Å². The van der Waals surface area contributed by atoms with Crippen LogP contribution in [0.5, 0.6) is 0 Å². The number of benzene rings is 1. The third-order valence-corrected chi connectivity index (χ3v) is 1.93. The first-order valence-electron chi connectivity index (χ1n) is 4.18. The zero-order valence-corrected chi connectivity index (χ0v) is 7.93. The Bertz CT molecular complexity index is 460. The third-order valence-electron chi connectivity index (χ3n) is 1.93. The maximum absolute atomic E-state index is 10.7. The van der Waals surface area contributed by atoms with Gasteiger partial charge in [-0.25, -0.2) is 0 Å². The van der Waals surface area contributed by atoms with Gasteiger partial charge in [-0.2, -0.15) is 5.26 Å². The van der Waals surface area contributed by atoms with E-state index in [0.717, 1.165) is 0 Å². The van der Waals surface area contributed by atoms with Crippen molar-refractivity contribution >= 4 is 11.4 Å². The van der Waals surface area contributed by atoms with Gasteiger partial charge in [0, 0.05) is 11.6 Å². The van der Waals surface area contributed by atoms with E-state index >= 15 is 0 Å². The molecule has 5 nitrogen and oxygen atoms in total. The van der Waals surface area contributed by atoms with Gasteiger partial charge in [-0.1, -0.05) is 6.08 Å². The van der Waals surface area contributed by atoms with E-state index in [9.17, 15) is 10.1 Å². The number of nitro groups is 1. The van der Waals surface area contributed by atoms with Gasteiger partial charge in [0.05, 0.1) is 16.2 Å². The zero-order chi connectivity index (χ0) is 11.4. The molecule has 0 amide bonds. The lowest BCUT2D eigenvalue weighted by Gasteiger charge is -2.03. The molecular weight excluding hydrogens is 194 g/mol. The number of anilines is 1. The number of nitrogens with zero attached hydrogens (tertiary/aromatic N) is 2. The van der Waals surface area contributed by atoms with Crippen molar-refractivity contribution in [2.75, 3.05) is 5.73 Å². The maximum atomic E-state index is 10.7. The molecule has 0 heterocycles. The summed E-state index contributed by atoms with van der Waals surface area (Å²) in [5.74, 6) is 0. The van der Waals surface area contributed by atoms with Crippen LogP contribution in [-0.2, 0) is 6.42 Å². The van der Waals surface area contributed by atoms with E-state index in [1.165, 1.54) is 12.1 Å². The first-order valence-corrected chi connectivity index (χ1v) is 4.18. The third kappa shape index (κ3) is 2.11. The van der Waals surface area contributed by atoms with E-state index in [-0.39, 0.29) is 16.9 Å². The summed E-state index contributed by atoms with van der Waals surface area (Å²) in [5, 5.41) is 19.4. The molecule has 0 radical (unpaired) electrons. The Hall–Kier alpha value is -2.35. The quantitative estimate of drug-likeness (QED) is 0.350. The second kappa shape index (κ2) is 4.24. The van der Waals surface area contributed by atoms with Crippen LogP contribution in [0.25, 0.3) is 0 Å². The summed E-state index contributed by atoms with van der Waals surface area (Å²) in [6.07, 6.45) is 1.90. The molecule has 0 spiro atoms. The fraction of sp³-hybridized carbons (Fsp3) is 0.100. The van der Waals surface area contributed by atoms with E-state index in [1.54, 1.807) is 12.1 Å². The average molecular weight is 203 g/mol. The summed E-state index contributed by atoms with van der Waals surface area (Å²) in [7, 11) is 0. The molecule has 0 aliphatic heterocycles. The molecule has 5 heteroatoms. The molecule has 15 heavy (non-hydrogen) atoms. The van der Waals surface area contributed by atoms with Gasteiger partial charge in [0.15, 0.2) is 0 Å². The largest absolute Gasteiger partial charge is 0.398 e.